The van der Waals surface area contributed by atoms with Gasteiger partial charge in [0, 0.05) is 22.0 Å². The SMILES string of the molecule is O=C(ON1C(=O)c2ccccc2C1=O)c1oc2ccccc2c1CSC1CCCCC1. The third kappa shape index (κ3) is 3.63. The summed E-state index contributed by atoms with van der Waals surface area (Å²) in [5, 5.41) is 1.93. The van der Waals surface area contributed by atoms with Crippen molar-refractivity contribution in [2.75, 3.05) is 0 Å². The topological polar surface area (TPSA) is 76.8 Å². The monoisotopic (exact) mass is 435 g/mol. The van der Waals surface area contributed by atoms with Crippen molar-refractivity contribution in [2.45, 2.75) is 43.1 Å². The molecule has 2 heterocycles. The molecule has 1 fully saturated rings. The lowest BCUT2D eigenvalue weighted by Crippen LogP contribution is -2.32. The molecular weight excluding hydrogens is 414 g/mol. The van der Waals surface area contributed by atoms with Gasteiger partial charge in [0.1, 0.15) is 5.58 Å². The highest BCUT2D eigenvalue weighted by molar-refractivity contribution is 7.99. The molecule has 1 saturated carbocycles. The van der Waals surface area contributed by atoms with Gasteiger partial charge in [-0.05, 0) is 31.0 Å². The molecule has 1 aromatic heterocycles. The Morgan fingerprint density at radius 3 is 2.32 bits per heavy atom. The van der Waals surface area contributed by atoms with Gasteiger partial charge in [0.15, 0.2) is 0 Å². The molecule has 0 atom stereocenters. The maximum atomic E-state index is 13.0. The number of rotatable bonds is 5. The van der Waals surface area contributed by atoms with Gasteiger partial charge in [0.2, 0.25) is 5.76 Å². The number of benzene rings is 2. The smallest absolute Gasteiger partial charge is 0.399 e. The lowest BCUT2D eigenvalue weighted by molar-refractivity contribution is -0.0602. The quantitative estimate of drug-likeness (QED) is 0.502. The van der Waals surface area contributed by atoms with E-state index in [4.69, 9.17) is 9.25 Å². The van der Waals surface area contributed by atoms with Crippen LogP contribution in [0.3, 0.4) is 0 Å². The van der Waals surface area contributed by atoms with E-state index in [-0.39, 0.29) is 16.9 Å². The highest BCUT2D eigenvalue weighted by atomic mass is 32.2. The maximum absolute atomic E-state index is 13.0. The second-order valence-electron chi connectivity index (χ2n) is 7.81. The number of hydrogen-bond donors (Lipinski definition) is 0. The number of fused-ring (bicyclic) bond motifs is 2. The molecule has 5 rings (SSSR count). The van der Waals surface area contributed by atoms with Crippen LogP contribution in [0, 0.1) is 0 Å². The summed E-state index contributed by atoms with van der Waals surface area (Å²) in [6.45, 7) is 0. The first-order chi connectivity index (χ1) is 15.1. The fraction of sp³-hybridized carbons (Fsp3) is 0.292. The lowest BCUT2D eigenvalue weighted by Gasteiger charge is -2.20. The van der Waals surface area contributed by atoms with E-state index in [0.29, 0.717) is 21.6 Å². The van der Waals surface area contributed by atoms with Crippen LogP contribution < -0.4 is 0 Å². The van der Waals surface area contributed by atoms with Crippen molar-refractivity contribution in [1.82, 2.24) is 5.06 Å². The Morgan fingerprint density at radius 2 is 1.61 bits per heavy atom. The summed E-state index contributed by atoms with van der Waals surface area (Å²) in [5.74, 6) is -1.49. The van der Waals surface area contributed by atoms with E-state index in [9.17, 15) is 14.4 Å². The molecule has 0 N–H and O–H groups in total. The molecule has 0 spiro atoms. The van der Waals surface area contributed by atoms with Crippen LogP contribution in [0.25, 0.3) is 11.0 Å². The summed E-state index contributed by atoms with van der Waals surface area (Å²) in [7, 11) is 0. The van der Waals surface area contributed by atoms with E-state index in [1.54, 1.807) is 18.2 Å². The molecule has 2 amide bonds. The molecule has 1 aliphatic heterocycles. The number of amides is 2. The van der Waals surface area contributed by atoms with Crippen molar-refractivity contribution in [2.24, 2.45) is 0 Å². The predicted octanol–water partition coefficient (Wildman–Crippen LogP) is 5.37. The van der Waals surface area contributed by atoms with Crippen LogP contribution in [0.15, 0.2) is 52.9 Å². The van der Waals surface area contributed by atoms with Gasteiger partial charge in [-0.1, -0.05) is 54.7 Å². The number of para-hydroxylation sites is 1. The summed E-state index contributed by atoms with van der Waals surface area (Å²) in [6, 6.07) is 13.8. The van der Waals surface area contributed by atoms with Crippen molar-refractivity contribution in [1.29, 1.82) is 0 Å². The molecule has 0 radical (unpaired) electrons. The highest BCUT2D eigenvalue weighted by Crippen LogP contribution is 2.35. The van der Waals surface area contributed by atoms with Gasteiger partial charge in [-0.25, -0.2) is 4.79 Å². The first-order valence-electron chi connectivity index (χ1n) is 10.5. The van der Waals surface area contributed by atoms with E-state index in [0.717, 1.165) is 10.9 Å². The molecule has 1 aliphatic carbocycles. The highest BCUT2D eigenvalue weighted by Gasteiger charge is 2.39. The second-order valence-corrected chi connectivity index (χ2v) is 9.09. The third-order valence-corrected chi connectivity index (χ3v) is 7.23. The lowest BCUT2D eigenvalue weighted by atomic mass is 10.0. The van der Waals surface area contributed by atoms with Gasteiger partial charge >= 0.3 is 5.97 Å². The van der Waals surface area contributed by atoms with Gasteiger partial charge in [-0.2, -0.15) is 11.8 Å². The molecule has 31 heavy (non-hydrogen) atoms. The van der Waals surface area contributed by atoms with Gasteiger partial charge in [0.05, 0.1) is 11.1 Å². The van der Waals surface area contributed by atoms with Crippen LogP contribution in [0.5, 0.6) is 0 Å². The molecule has 0 saturated heterocycles. The number of furan rings is 1. The molecule has 2 aromatic carbocycles. The Labute approximate surface area is 183 Å². The summed E-state index contributed by atoms with van der Waals surface area (Å²) in [4.78, 5) is 43.4. The Balaban J connectivity index is 1.41. The molecule has 2 aliphatic rings. The molecule has 158 valence electrons. The summed E-state index contributed by atoms with van der Waals surface area (Å²) < 4.78 is 5.82. The van der Waals surface area contributed by atoms with Crippen LogP contribution in [0.1, 0.15) is 68.9 Å². The van der Waals surface area contributed by atoms with Crippen LogP contribution >= 0.6 is 11.8 Å². The third-order valence-electron chi connectivity index (χ3n) is 5.83. The van der Waals surface area contributed by atoms with Gasteiger partial charge in [0.25, 0.3) is 11.8 Å². The fourth-order valence-electron chi connectivity index (χ4n) is 4.21. The molecule has 3 aromatic rings. The van der Waals surface area contributed by atoms with Crippen molar-refractivity contribution in [3.8, 4) is 0 Å². The number of carbonyl (C=O) groups excluding carboxylic acids is 3. The number of carbonyl (C=O) groups is 3. The van der Waals surface area contributed by atoms with Crippen LogP contribution in [0.4, 0.5) is 0 Å². The van der Waals surface area contributed by atoms with E-state index < -0.39 is 17.8 Å². The maximum Gasteiger partial charge on any atom is 0.399 e. The zero-order valence-corrected chi connectivity index (χ0v) is 17.7. The molecule has 0 bridgehead atoms. The predicted molar refractivity (Wildman–Crippen MR) is 117 cm³/mol. The fourth-order valence-corrected chi connectivity index (χ4v) is 5.57. The largest absolute Gasteiger partial charge is 0.449 e. The Morgan fingerprint density at radius 1 is 0.968 bits per heavy atom. The van der Waals surface area contributed by atoms with Crippen molar-refractivity contribution < 1.29 is 23.6 Å². The van der Waals surface area contributed by atoms with Crippen molar-refractivity contribution in [3.05, 3.63) is 71.0 Å². The Bertz CT molecular complexity index is 1140. The first-order valence-corrected chi connectivity index (χ1v) is 11.5. The van der Waals surface area contributed by atoms with Crippen molar-refractivity contribution in [3.63, 3.8) is 0 Å². The average Bonchev–Trinajstić information content (AvgIpc) is 3.30. The number of imide groups is 1. The van der Waals surface area contributed by atoms with E-state index in [1.807, 2.05) is 30.0 Å². The minimum atomic E-state index is -0.843. The van der Waals surface area contributed by atoms with Gasteiger partial charge in [-0.15, -0.1) is 0 Å². The van der Waals surface area contributed by atoms with Crippen LogP contribution in [-0.4, -0.2) is 28.1 Å². The number of nitrogens with zero attached hydrogens (tertiary/aromatic N) is 1. The second kappa shape index (κ2) is 8.23. The molecule has 6 nitrogen and oxygen atoms in total. The van der Waals surface area contributed by atoms with Gasteiger partial charge in [-0.3, -0.25) is 9.59 Å². The number of hydrogen-bond acceptors (Lipinski definition) is 6. The number of hydroxylamine groups is 2. The summed E-state index contributed by atoms with van der Waals surface area (Å²) in [6.07, 6.45) is 6.10. The van der Waals surface area contributed by atoms with E-state index in [2.05, 4.69) is 0 Å². The standard InChI is InChI=1S/C24H21NO5S/c26-22-17-11-4-5-12-18(17)23(27)25(22)30-24(28)21-19(14-31-15-8-2-1-3-9-15)16-10-6-7-13-20(16)29-21/h4-7,10-13,15H,1-3,8-9,14H2. The molecule has 7 heteroatoms. The Hall–Kier alpha value is -3.06. The minimum Gasteiger partial charge on any atom is -0.449 e. The number of thioether (sulfide) groups is 1. The zero-order valence-electron chi connectivity index (χ0n) is 16.8. The van der Waals surface area contributed by atoms with E-state index in [1.165, 1.54) is 44.2 Å². The minimum absolute atomic E-state index is 0.0427. The van der Waals surface area contributed by atoms with Crippen LogP contribution in [0.2, 0.25) is 0 Å². The normalized spacial score (nSPS) is 16.7. The first kappa shape index (κ1) is 19.9. The average molecular weight is 436 g/mol. The zero-order chi connectivity index (χ0) is 21.4. The van der Waals surface area contributed by atoms with Gasteiger partial charge < -0.3 is 9.25 Å². The molecular formula is C24H21NO5S. The van der Waals surface area contributed by atoms with Crippen LogP contribution in [-0.2, 0) is 10.6 Å². The van der Waals surface area contributed by atoms with E-state index >= 15 is 0 Å². The summed E-state index contributed by atoms with van der Waals surface area (Å²) in [5.41, 5.74) is 1.76. The summed E-state index contributed by atoms with van der Waals surface area (Å²) >= 11 is 1.82. The molecule has 0 unspecified atom stereocenters. The van der Waals surface area contributed by atoms with Crippen molar-refractivity contribution >= 4 is 40.5 Å². The Kier molecular flexibility index (Phi) is 5.28.